The highest BCUT2D eigenvalue weighted by Gasteiger charge is 2.17. The van der Waals surface area contributed by atoms with Gasteiger partial charge in [-0.3, -0.25) is 4.48 Å². The second kappa shape index (κ2) is 4.55. The molecule has 0 radical (unpaired) electrons. The lowest BCUT2D eigenvalue weighted by molar-refractivity contribution is -0.867. The van der Waals surface area contributed by atoms with E-state index in [2.05, 4.69) is 6.58 Å². The van der Waals surface area contributed by atoms with Crippen LogP contribution in [0.3, 0.4) is 0 Å². The maximum atomic E-state index is 8.88. The van der Waals surface area contributed by atoms with Crippen molar-refractivity contribution >= 4 is 0 Å². The lowest BCUT2D eigenvalue weighted by Gasteiger charge is -2.25. The van der Waals surface area contributed by atoms with E-state index in [9.17, 15) is 0 Å². The minimum atomic E-state index is 0. The molecule has 4 heteroatoms. The lowest BCUT2D eigenvalue weighted by atomic mass is 10.5. The van der Waals surface area contributed by atoms with E-state index in [0.29, 0.717) is 6.54 Å². The predicted molar refractivity (Wildman–Crippen MR) is 35.8 cm³/mol. The number of aliphatic hydroxyl groups is 2. The third kappa shape index (κ3) is 3.71. The van der Waals surface area contributed by atoms with E-state index in [0.717, 1.165) is 0 Å². The van der Waals surface area contributed by atoms with Gasteiger partial charge in [0.05, 0.1) is 20.7 Å². The highest BCUT2D eigenvalue weighted by molar-refractivity contribution is 4.63. The maximum Gasteiger partial charge on any atom is 0.281 e. The van der Waals surface area contributed by atoms with Crippen LogP contribution in [0.1, 0.15) is 0 Å². The van der Waals surface area contributed by atoms with Gasteiger partial charge in [0.15, 0.2) is 0 Å². The first kappa shape index (κ1) is 12.4. The molecule has 0 aliphatic heterocycles. The molecule has 0 fully saturated rings. The normalized spacial score (nSPS) is 10.3. The number of rotatable bonds is 3. The summed E-state index contributed by atoms with van der Waals surface area (Å²) in [5.41, 5.74) is 0. The molecule has 0 spiro atoms. The first-order valence-electron chi connectivity index (χ1n) is 2.83. The van der Waals surface area contributed by atoms with Gasteiger partial charge in [0.1, 0.15) is 6.54 Å². The first-order chi connectivity index (χ1) is 4.00. The fourth-order valence-electron chi connectivity index (χ4n) is 0.379. The summed E-state index contributed by atoms with van der Waals surface area (Å²) in [5.74, 6) is 0.0732. The quantitative estimate of drug-likeness (QED) is 0.350. The Hall–Kier alpha value is -0.250. The van der Waals surface area contributed by atoms with Gasteiger partial charge in [-0.25, -0.2) is 0 Å². The van der Waals surface area contributed by atoms with E-state index in [1.165, 1.54) is 0 Å². The Morgan fingerprint density at radius 1 is 1.50 bits per heavy atom. The van der Waals surface area contributed by atoms with Gasteiger partial charge in [-0.1, -0.05) is 0 Å². The summed E-state index contributed by atoms with van der Waals surface area (Å²) in [7, 11) is 3.55. The summed E-state index contributed by atoms with van der Waals surface area (Å²) in [6, 6.07) is 0. The Morgan fingerprint density at radius 2 is 1.90 bits per heavy atom. The van der Waals surface area contributed by atoms with Gasteiger partial charge in [-0.2, -0.15) is 0 Å². The largest absolute Gasteiger partial charge is 1.00 e. The van der Waals surface area contributed by atoms with E-state index in [1.807, 2.05) is 0 Å². The van der Waals surface area contributed by atoms with Gasteiger partial charge < -0.3 is 22.6 Å². The van der Waals surface area contributed by atoms with E-state index in [4.69, 9.17) is 10.2 Å². The second-order valence-corrected chi connectivity index (χ2v) is 2.55. The standard InChI is InChI=1S/C6H13NO2.ClH/c1-6(9)7(2,3)4-5-8;/h8H,1,4-5H2,2-3H3;1H. The molecule has 2 N–H and O–H groups in total. The third-order valence-electron chi connectivity index (χ3n) is 1.36. The molecule has 0 aliphatic carbocycles. The molecule has 0 aromatic heterocycles. The Morgan fingerprint density at radius 3 is 2.00 bits per heavy atom. The molecule has 62 valence electrons. The number of hydrogen-bond donors (Lipinski definition) is 2. The van der Waals surface area contributed by atoms with Crippen molar-refractivity contribution in [2.24, 2.45) is 0 Å². The average molecular weight is 168 g/mol. The minimum absolute atomic E-state index is 0. The molecule has 0 aliphatic rings. The zero-order chi connectivity index (χ0) is 7.49. The molecule has 0 atom stereocenters. The molecule has 10 heavy (non-hydrogen) atoms. The zero-order valence-electron chi connectivity index (χ0n) is 6.34. The Balaban J connectivity index is 0. The van der Waals surface area contributed by atoms with Crippen LogP contribution in [0.25, 0.3) is 0 Å². The zero-order valence-corrected chi connectivity index (χ0v) is 7.10. The van der Waals surface area contributed by atoms with Crippen LogP contribution >= 0.6 is 0 Å². The molecule has 0 aromatic rings. The van der Waals surface area contributed by atoms with Crippen molar-refractivity contribution in [3.8, 4) is 0 Å². The summed E-state index contributed by atoms with van der Waals surface area (Å²) >= 11 is 0. The SMILES string of the molecule is C=C(O)[N+](C)(C)CCO.[Cl-]. The van der Waals surface area contributed by atoms with Crippen molar-refractivity contribution in [2.45, 2.75) is 0 Å². The van der Waals surface area contributed by atoms with Crippen LogP contribution in [-0.2, 0) is 0 Å². The van der Waals surface area contributed by atoms with Crippen LogP contribution in [-0.4, -0.2) is 41.9 Å². The van der Waals surface area contributed by atoms with Crippen molar-refractivity contribution in [1.82, 2.24) is 0 Å². The lowest BCUT2D eigenvalue weighted by Crippen LogP contribution is -3.00. The summed E-state index contributed by atoms with van der Waals surface area (Å²) in [5, 5.41) is 17.4. The topological polar surface area (TPSA) is 40.5 Å². The van der Waals surface area contributed by atoms with Gasteiger partial charge in [-0.15, -0.1) is 0 Å². The Labute approximate surface area is 67.6 Å². The molecule has 0 unspecified atom stereocenters. The van der Waals surface area contributed by atoms with E-state index in [1.54, 1.807) is 14.1 Å². The smallest absolute Gasteiger partial charge is 0.281 e. The highest BCUT2D eigenvalue weighted by Crippen LogP contribution is 2.02. The predicted octanol–water partition coefficient (Wildman–Crippen LogP) is -2.91. The molecule has 0 saturated carbocycles. The van der Waals surface area contributed by atoms with Crippen LogP contribution in [0.5, 0.6) is 0 Å². The Bertz CT molecular complexity index is 114. The van der Waals surface area contributed by atoms with Crippen LogP contribution in [0.4, 0.5) is 0 Å². The first-order valence-corrected chi connectivity index (χ1v) is 2.83. The van der Waals surface area contributed by atoms with Gasteiger partial charge in [-0.05, 0) is 0 Å². The minimum Gasteiger partial charge on any atom is -1.00 e. The number of quaternary nitrogens is 1. The fourth-order valence-corrected chi connectivity index (χ4v) is 0.379. The molecular formula is C6H14ClNO2. The van der Waals surface area contributed by atoms with Crippen molar-refractivity contribution in [2.75, 3.05) is 27.2 Å². The van der Waals surface area contributed by atoms with E-state index < -0.39 is 0 Å². The van der Waals surface area contributed by atoms with Crippen molar-refractivity contribution in [3.63, 3.8) is 0 Å². The monoisotopic (exact) mass is 167 g/mol. The highest BCUT2D eigenvalue weighted by atomic mass is 35.5. The fraction of sp³-hybridized carbons (Fsp3) is 0.667. The Kier molecular flexibility index (Phi) is 5.65. The molecule has 0 amide bonds. The molecule has 0 aromatic carbocycles. The molecule has 0 saturated heterocycles. The van der Waals surface area contributed by atoms with Gasteiger partial charge in [0.2, 0.25) is 0 Å². The number of hydrogen-bond acceptors (Lipinski definition) is 2. The number of aliphatic hydroxyl groups excluding tert-OH is 2. The van der Waals surface area contributed by atoms with E-state index >= 15 is 0 Å². The maximum absolute atomic E-state index is 8.88. The van der Waals surface area contributed by atoms with Crippen molar-refractivity contribution in [1.29, 1.82) is 0 Å². The number of likely N-dealkylation sites (N-methyl/N-ethyl adjacent to an activating group) is 1. The molecule has 0 bridgehead atoms. The number of nitrogens with zero attached hydrogens (tertiary/aromatic N) is 1. The van der Waals surface area contributed by atoms with Crippen LogP contribution in [0, 0.1) is 0 Å². The second-order valence-electron chi connectivity index (χ2n) is 2.55. The summed E-state index contributed by atoms with van der Waals surface area (Å²) in [6.45, 7) is 3.92. The van der Waals surface area contributed by atoms with Gasteiger partial charge in [0.25, 0.3) is 5.88 Å². The molecule has 3 nitrogen and oxygen atoms in total. The summed E-state index contributed by atoms with van der Waals surface area (Å²) < 4.78 is 0.260. The van der Waals surface area contributed by atoms with Gasteiger partial charge >= 0.3 is 0 Å². The molecule has 0 rings (SSSR count). The van der Waals surface area contributed by atoms with Crippen molar-refractivity contribution < 1.29 is 27.1 Å². The number of halogens is 1. The summed E-state index contributed by atoms with van der Waals surface area (Å²) in [4.78, 5) is 0. The molecule has 0 heterocycles. The van der Waals surface area contributed by atoms with Crippen LogP contribution < -0.4 is 12.4 Å². The summed E-state index contributed by atoms with van der Waals surface area (Å²) in [6.07, 6.45) is 0. The van der Waals surface area contributed by atoms with Gasteiger partial charge in [0, 0.05) is 6.58 Å². The van der Waals surface area contributed by atoms with Crippen LogP contribution in [0.15, 0.2) is 12.5 Å². The van der Waals surface area contributed by atoms with E-state index in [-0.39, 0.29) is 29.4 Å². The average Bonchev–Trinajstić information content (AvgIpc) is 1.65. The van der Waals surface area contributed by atoms with Crippen molar-refractivity contribution in [3.05, 3.63) is 12.5 Å². The third-order valence-corrected chi connectivity index (χ3v) is 1.36. The van der Waals surface area contributed by atoms with Crippen LogP contribution in [0.2, 0.25) is 0 Å². The molecular weight excluding hydrogens is 154 g/mol.